The smallest absolute Gasteiger partial charge is 0.228 e. The van der Waals surface area contributed by atoms with E-state index >= 15 is 0 Å². The predicted octanol–water partition coefficient (Wildman–Crippen LogP) is 3.05. The van der Waals surface area contributed by atoms with Crippen LogP contribution in [-0.4, -0.2) is 16.2 Å². The van der Waals surface area contributed by atoms with Gasteiger partial charge in [0.25, 0.3) is 0 Å². The van der Waals surface area contributed by atoms with Crippen molar-refractivity contribution in [2.75, 3.05) is 0 Å². The standard InChI is InChI=1S/C13H15ClFN3O/c1-7(2)11(16)6-12-17-13(18-19-12)8-3-4-10(15)9(14)5-8/h3-5,7,11H,6,16H2,1-2H3. The van der Waals surface area contributed by atoms with Crippen LogP contribution in [0.4, 0.5) is 4.39 Å². The Morgan fingerprint density at radius 2 is 2.16 bits per heavy atom. The fraction of sp³-hybridized carbons (Fsp3) is 0.385. The lowest BCUT2D eigenvalue weighted by atomic mass is 10.0. The average Bonchev–Trinajstić information content (AvgIpc) is 2.81. The zero-order chi connectivity index (χ0) is 14.0. The van der Waals surface area contributed by atoms with Crippen LogP contribution >= 0.6 is 11.6 Å². The van der Waals surface area contributed by atoms with E-state index in [1.807, 2.05) is 13.8 Å². The van der Waals surface area contributed by atoms with Gasteiger partial charge in [0.1, 0.15) is 5.82 Å². The van der Waals surface area contributed by atoms with Crippen LogP contribution in [0, 0.1) is 11.7 Å². The van der Waals surface area contributed by atoms with Crippen LogP contribution in [0.15, 0.2) is 22.7 Å². The van der Waals surface area contributed by atoms with Crippen LogP contribution in [0.1, 0.15) is 19.7 Å². The molecule has 0 aliphatic carbocycles. The van der Waals surface area contributed by atoms with E-state index < -0.39 is 5.82 Å². The second-order valence-electron chi connectivity index (χ2n) is 4.75. The summed E-state index contributed by atoms with van der Waals surface area (Å²) in [7, 11) is 0. The van der Waals surface area contributed by atoms with Gasteiger partial charge in [-0.3, -0.25) is 0 Å². The van der Waals surface area contributed by atoms with Crippen molar-refractivity contribution in [2.24, 2.45) is 11.7 Å². The molecule has 19 heavy (non-hydrogen) atoms. The van der Waals surface area contributed by atoms with E-state index in [2.05, 4.69) is 10.1 Å². The Morgan fingerprint density at radius 3 is 2.79 bits per heavy atom. The van der Waals surface area contributed by atoms with Gasteiger partial charge in [-0.2, -0.15) is 4.98 Å². The molecule has 1 aromatic carbocycles. The quantitative estimate of drug-likeness (QED) is 0.936. The maximum Gasteiger partial charge on any atom is 0.228 e. The summed E-state index contributed by atoms with van der Waals surface area (Å²) in [6.45, 7) is 4.06. The molecule has 0 radical (unpaired) electrons. The normalized spacial score (nSPS) is 12.9. The number of hydrogen-bond acceptors (Lipinski definition) is 4. The molecule has 0 saturated heterocycles. The first kappa shape index (κ1) is 14.0. The van der Waals surface area contributed by atoms with Crippen molar-refractivity contribution in [3.8, 4) is 11.4 Å². The van der Waals surface area contributed by atoms with Crippen molar-refractivity contribution in [3.05, 3.63) is 34.9 Å². The van der Waals surface area contributed by atoms with E-state index in [1.54, 1.807) is 6.07 Å². The van der Waals surface area contributed by atoms with Gasteiger partial charge in [0.15, 0.2) is 0 Å². The molecule has 0 aliphatic rings. The molecule has 2 N–H and O–H groups in total. The summed E-state index contributed by atoms with van der Waals surface area (Å²) in [5, 5.41) is 3.88. The SMILES string of the molecule is CC(C)C(N)Cc1nc(-c2ccc(F)c(Cl)c2)no1. The van der Waals surface area contributed by atoms with Crippen LogP contribution in [-0.2, 0) is 6.42 Å². The molecule has 0 spiro atoms. The van der Waals surface area contributed by atoms with E-state index in [-0.39, 0.29) is 11.1 Å². The monoisotopic (exact) mass is 283 g/mol. The lowest BCUT2D eigenvalue weighted by Crippen LogP contribution is -2.28. The van der Waals surface area contributed by atoms with Gasteiger partial charge in [0.2, 0.25) is 11.7 Å². The van der Waals surface area contributed by atoms with Crippen molar-refractivity contribution < 1.29 is 8.91 Å². The maximum absolute atomic E-state index is 13.1. The third kappa shape index (κ3) is 3.30. The van der Waals surface area contributed by atoms with Gasteiger partial charge in [-0.15, -0.1) is 0 Å². The molecule has 1 atom stereocenters. The Hall–Kier alpha value is -1.46. The number of nitrogens with zero attached hydrogens (tertiary/aromatic N) is 2. The van der Waals surface area contributed by atoms with Crippen LogP contribution in [0.3, 0.4) is 0 Å². The molecule has 1 unspecified atom stereocenters. The zero-order valence-electron chi connectivity index (χ0n) is 10.7. The molecule has 0 saturated carbocycles. The second-order valence-corrected chi connectivity index (χ2v) is 5.16. The Kier molecular flexibility index (Phi) is 4.17. The molecule has 2 rings (SSSR count). The van der Waals surface area contributed by atoms with Gasteiger partial charge >= 0.3 is 0 Å². The van der Waals surface area contributed by atoms with Gasteiger partial charge < -0.3 is 10.3 Å². The largest absolute Gasteiger partial charge is 0.339 e. The van der Waals surface area contributed by atoms with Crippen LogP contribution in [0.25, 0.3) is 11.4 Å². The molecule has 0 amide bonds. The van der Waals surface area contributed by atoms with Crippen molar-refractivity contribution in [3.63, 3.8) is 0 Å². The van der Waals surface area contributed by atoms with Gasteiger partial charge in [-0.05, 0) is 24.1 Å². The highest BCUT2D eigenvalue weighted by Crippen LogP contribution is 2.23. The molecule has 0 aliphatic heterocycles. The topological polar surface area (TPSA) is 64.9 Å². The third-order valence-electron chi connectivity index (χ3n) is 2.91. The fourth-order valence-electron chi connectivity index (χ4n) is 1.53. The molecule has 0 fully saturated rings. The number of halogens is 2. The van der Waals surface area contributed by atoms with Crippen molar-refractivity contribution >= 4 is 11.6 Å². The summed E-state index contributed by atoms with van der Waals surface area (Å²) in [5.41, 5.74) is 6.55. The van der Waals surface area contributed by atoms with E-state index in [1.165, 1.54) is 12.1 Å². The highest BCUT2D eigenvalue weighted by molar-refractivity contribution is 6.31. The lowest BCUT2D eigenvalue weighted by Gasteiger charge is -2.11. The molecule has 0 bridgehead atoms. The maximum atomic E-state index is 13.1. The van der Waals surface area contributed by atoms with Gasteiger partial charge in [-0.25, -0.2) is 4.39 Å². The molecule has 102 valence electrons. The Morgan fingerprint density at radius 1 is 1.42 bits per heavy atom. The van der Waals surface area contributed by atoms with Crippen LogP contribution in [0.5, 0.6) is 0 Å². The Balaban J connectivity index is 2.18. The lowest BCUT2D eigenvalue weighted by molar-refractivity contribution is 0.353. The number of nitrogens with two attached hydrogens (primary N) is 1. The first-order valence-corrected chi connectivity index (χ1v) is 6.38. The molecule has 1 heterocycles. The van der Waals surface area contributed by atoms with Gasteiger partial charge in [0.05, 0.1) is 5.02 Å². The average molecular weight is 284 g/mol. The van der Waals surface area contributed by atoms with E-state index in [4.69, 9.17) is 21.9 Å². The van der Waals surface area contributed by atoms with Crippen molar-refractivity contribution in [1.82, 2.24) is 10.1 Å². The van der Waals surface area contributed by atoms with Gasteiger partial charge in [0, 0.05) is 18.0 Å². The molecule has 6 heteroatoms. The highest BCUT2D eigenvalue weighted by atomic mass is 35.5. The number of rotatable bonds is 4. The predicted molar refractivity (Wildman–Crippen MR) is 71.2 cm³/mol. The van der Waals surface area contributed by atoms with Crippen LogP contribution in [0.2, 0.25) is 5.02 Å². The zero-order valence-corrected chi connectivity index (χ0v) is 11.5. The number of benzene rings is 1. The summed E-state index contributed by atoms with van der Waals surface area (Å²) >= 11 is 5.72. The first-order valence-electron chi connectivity index (χ1n) is 6.01. The summed E-state index contributed by atoms with van der Waals surface area (Å²) < 4.78 is 18.2. The molecule has 4 nitrogen and oxygen atoms in total. The summed E-state index contributed by atoms with van der Waals surface area (Å²) in [5.74, 6) is 0.705. The highest BCUT2D eigenvalue weighted by Gasteiger charge is 2.15. The Bertz CT molecular complexity index is 571. The minimum atomic E-state index is -0.476. The Labute approximate surface area is 115 Å². The molecule has 2 aromatic rings. The minimum Gasteiger partial charge on any atom is -0.339 e. The van der Waals surface area contributed by atoms with E-state index in [0.29, 0.717) is 29.6 Å². The summed E-state index contributed by atoms with van der Waals surface area (Å²) in [6, 6.07) is 4.25. The fourth-order valence-corrected chi connectivity index (χ4v) is 1.71. The van der Waals surface area contributed by atoms with E-state index in [0.717, 1.165) is 0 Å². The third-order valence-corrected chi connectivity index (χ3v) is 3.20. The van der Waals surface area contributed by atoms with E-state index in [9.17, 15) is 4.39 Å². The number of hydrogen-bond donors (Lipinski definition) is 1. The van der Waals surface area contributed by atoms with Crippen LogP contribution < -0.4 is 5.73 Å². The van der Waals surface area contributed by atoms with Crippen molar-refractivity contribution in [2.45, 2.75) is 26.3 Å². The summed E-state index contributed by atoms with van der Waals surface area (Å²) in [4.78, 5) is 4.23. The minimum absolute atomic E-state index is 0.0303. The summed E-state index contributed by atoms with van der Waals surface area (Å²) in [6.07, 6.45) is 0.513. The number of aromatic nitrogens is 2. The molecular formula is C13H15ClFN3O. The second kappa shape index (κ2) is 5.67. The van der Waals surface area contributed by atoms with Gasteiger partial charge in [-0.1, -0.05) is 30.6 Å². The van der Waals surface area contributed by atoms with Crippen molar-refractivity contribution in [1.29, 1.82) is 0 Å². The first-order chi connectivity index (χ1) is 8.97. The molecular weight excluding hydrogens is 269 g/mol. The molecule has 1 aromatic heterocycles.